The van der Waals surface area contributed by atoms with Crippen molar-refractivity contribution in [2.24, 2.45) is 0 Å². The van der Waals surface area contributed by atoms with Crippen LogP contribution < -0.4 is 4.74 Å². The summed E-state index contributed by atoms with van der Waals surface area (Å²) in [5, 5.41) is 0. The summed E-state index contributed by atoms with van der Waals surface area (Å²) in [6.07, 6.45) is -0.494. The molecule has 0 radical (unpaired) electrons. The molecule has 0 saturated carbocycles. The third kappa shape index (κ3) is 3.93. The third-order valence-corrected chi connectivity index (χ3v) is 3.93. The number of amides is 2. The minimum absolute atomic E-state index is 0.179. The van der Waals surface area contributed by atoms with Crippen LogP contribution in [-0.2, 0) is 0 Å². The van der Waals surface area contributed by atoms with Crippen LogP contribution >= 0.6 is 0 Å². The molecule has 0 N–H and O–H groups in total. The van der Waals surface area contributed by atoms with Crippen molar-refractivity contribution in [3.8, 4) is 5.75 Å². The lowest BCUT2D eigenvalue weighted by molar-refractivity contribution is 0.0629. The Morgan fingerprint density at radius 1 is 0.880 bits per heavy atom. The molecule has 2 aromatic carbocycles. The molecule has 1 heterocycles. The lowest BCUT2D eigenvalue weighted by Crippen LogP contribution is -2.51. The molecule has 0 aliphatic carbocycles. The number of carbonyl (C=O) groups excluding carboxylic acids is 2. The van der Waals surface area contributed by atoms with E-state index in [2.05, 4.69) is 0 Å². The SMILES string of the molecule is O=C(Oc1ccccc1)N1CCN(C(=O)c2ccc(F)cc2F)CC1. The van der Waals surface area contributed by atoms with E-state index in [9.17, 15) is 18.4 Å². The van der Waals surface area contributed by atoms with Gasteiger partial charge in [-0.1, -0.05) is 18.2 Å². The highest BCUT2D eigenvalue weighted by atomic mass is 19.1. The van der Waals surface area contributed by atoms with Crippen LogP contribution in [0.3, 0.4) is 0 Å². The van der Waals surface area contributed by atoms with Crippen LogP contribution in [0.5, 0.6) is 5.75 Å². The smallest absolute Gasteiger partial charge is 0.410 e. The molecule has 5 nitrogen and oxygen atoms in total. The maximum Gasteiger partial charge on any atom is 0.415 e. The van der Waals surface area contributed by atoms with E-state index in [1.54, 1.807) is 24.3 Å². The molecule has 130 valence electrons. The third-order valence-electron chi connectivity index (χ3n) is 3.93. The van der Waals surface area contributed by atoms with Gasteiger partial charge in [-0.25, -0.2) is 13.6 Å². The van der Waals surface area contributed by atoms with Crippen molar-refractivity contribution in [2.45, 2.75) is 0 Å². The van der Waals surface area contributed by atoms with E-state index in [1.165, 1.54) is 9.80 Å². The summed E-state index contributed by atoms with van der Waals surface area (Å²) in [4.78, 5) is 27.3. The molecule has 0 unspecified atom stereocenters. The Hall–Kier alpha value is -2.96. The molecular weight excluding hydrogens is 330 g/mol. The van der Waals surface area contributed by atoms with Crippen LogP contribution in [0.1, 0.15) is 10.4 Å². The van der Waals surface area contributed by atoms with Crippen molar-refractivity contribution in [2.75, 3.05) is 26.2 Å². The van der Waals surface area contributed by atoms with Crippen LogP contribution in [0, 0.1) is 11.6 Å². The summed E-state index contributed by atoms with van der Waals surface area (Å²) in [7, 11) is 0. The molecule has 25 heavy (non-hydrogen) atoms. The molecule has 0 spiro atoms. The summed E-state index contributed by atoms with van der Waals surface area (Å²) >= 11 is 0. The second kappa shape index (κ2) is 7.29. The van der Waals surface area contributed by atoms with E-state index in [0.717, 1.165) is 12.1 Å². The van der Waals surface area contributed by atoms with Gasteiger partial charge in [-0.15, -0.1) is 0 Å². The first-order valence-corrected chi connectivity index (χ1v) is 7.81. The fourth-order valence-corrected chi connectivity index (χ4v) is 2.58. The number of nitrogens with zero attached hydrogens (tertiary/aromatic N) is 2. The Labute approximate surface area is 143 Å². The van der Waals surface area contributed by atoms with Crippen LogP contribution in [0.2, 0.25) is 0 Å². The molecule has 1 saturated heterocycles. The number of para-hydroxylation sites is 1. The number of carbonyl (C=O) groups is 2. The molecule has 1 aliphatic rings. The van der Waals surface area contributed by atoms with Crippen LogP contribution in [-0.4, -0.2) is 48.0 Å². The normalized spacial score (nSPS) is 14.3. The fraction of sp³-hybridized carbons (Fsp3) is 0.222. The number of benzene rings is 2. The molecule has 2 aromatic rings. The first-order chi connectivity index (χ1) is 12.0. The first-order valence-electron chi connectivity index (χ1n) is 7.81. The minimum Gasteiger partial charge on any atom is -0.410 e. The summed E-state index contributed by atoms with van der Waals surface area (Å²) in [6, 6.07) is 11.5. The zero-order chi connectivity index (χ0) is 17.8. The van der Waals surface area contributed by atoms with Gasteiger partial charge in [0.15, 0.2) is 0 Å². The number of hydrogen-bond acceptors (Lipinski definition) is 3. The molecule has 3 rings (SSSR count). The Morgan fingerprint density at radius 3 is 2.16 bits per heavy atom. The summed E-state index contributed by atoms with van der Waals surface area (Å²) in [5.41, 5.74) is -0.179. The van der Waals surface area contributed by atoms with Gasteiger partial charge >= 0.3 is 6.09 Å². The zero-order valence-electron chi connectivity index (χ0n) is 13.3. The van der Waals surface area contributed by atoms with E-state index in [0.29, 0.717) is 11.8 Å². The summed E-state index contributed by atoms with van der Waals surface area (Å²) in [5.74, 6) is -1.70. The van der Waals surface area contributed by atoms with Crippen LogP contribution in [0.4, 0.5) is 13.6 Å². The van der Waals surface area contributed by atoms with Gasteiger partial charge in [0, 0.05) is 32.2 Å². The van der Waals surface area contributed by atoms with Crippen molar-refractivity contribution in [1.29, 1.82) is 0 Å². The van der Waals surface area contributed by atoms with E-state index in [1.807, 2.05) is 6.07 Å². The van der Waals surface area contributed by atoms with Crippen molar-refractivity contribution in [3.63, 3.8) is 0 Å². The van der Waals surface area contributed by atoms with E-state index in [4.69, 9.17) is 4.74 Å². The maximum atomic E-state index is 13.7. The van der Waals surface area contributed by atoms with Crippen molar-refractivity contribution < 1.29 is 23.1 Å². The van der Waals surface area contributed by atoms with E-state index in [-0.39, 0.29) is 31.7 Å². The van der Waals surface area contributed by atoms with Crippen LogP contribution in [0.15, 0.2) is 48.5 Å². The molecule has 7 heteroatoms. The molecule has 1 fully saturated rings. The quantitative estimate of drug-likeness (QED) is 0.840. The van der Waals surface area contributed by atoms with Gasteiger partial charge in [0.1, 0.15) is 17.4 Å². The van der Waals surface area contributed by atoms with Gasteiger partial charge in [-0.2, -0.15) is 0 Å². The number of piperazine rings is 1. The average Bonchev–Trinajstić information content (AvgIpc) is 2.62. The van der Waals surface area contributed by atoms with Crippen molar-refractivity contribution in [1.82, 2.24) is 9.80 Å². The predicted octanol–water partition coefficient (Wildman–Crippen LogP) is 2.92. The Morgan fingerprint density at radius 2 is 1.52 bits per heavy atom. The largest absolute Gasteiger partial charge is 0.415 e. The maximum absolute atomic E-state index is 13.7. The fourth-order valence-electron chi connectivity index (χ4n) is 2.58. The second-order valence-electron chi connectivity index (χ2n) is 5.58. The summed E-state index contributed by atoms with van der Waals surface area (Å²) < 4.78 is 31.9. The molecule has 0 aromatic heterocycles. The number of ether oxygens (including phenoxy) is 1. The Bertz CT molecular complexity index is 775. The number of rotatable bonds is 2. The van der Waals surface area contributed by atoms with Gasteiger partial charge in [-0.05, 0) is 24.3 Å². The Kier molecular flexibility index (Phi) is 4.92. The monoisotopic (exact) mass is 346 g/mol. The van der Waals surface area contributed by atoms with Crippen LogP contribution in [0.25, 0.3) is 0 Å². The highest BCUT2D eigenvalue weighted by Crippen LogP contribution is 2.15. The lowest BCUT2D eigenvalue weighted by atomic mass is 10.1. The number of hydrogen-bond donors (Lipinski definition) is 0. The van der Waals surface area contributed by atoms with Gasteiger partial charge in [0.05, 0.1) is 5.56 Å². The number of halogens is 2. The van der Waals surface area contributed by atoms with E-state index >= 15 is 0 Å². The lowest BCUT2D eigenvalue weighted by Gasteiger charge is -2.34. The summed E-state index contributed by atoms with van der Waals surface area (Å²) in [6.45, 7) is 1.06. The van der Waals surface area contributed by atoms with E-state index < -0.39 is 23.6 Å². The van der Waals surface area contributed by atoms with Crippen molar-refractivity contribution in [3.05, 3.63) is 65.7 Å². The second-order valence-corrected chi connectivity index (χ2v) is 5.58. The molecule has 1 aliphatic heterocycles. The van der Waals surface area contributed by atoms with Gasteiger partial charge in [0.2, 0.25) is 0 Å². The molecular formula is C18H16F2N2O3. The zero-order valence-corrected chi connectivity index (χ0v) is 13.3. The predicted molar refractivity (Wildman–Crippen MR) is 86.3 cm³/mol. The van der Waals surface area contributed by atoms with Crippen molar-refractivity contribution >= 4 is 12.0 Å². The highest BCUT2D eigenvalue weighted by Gasteiger charge is 2.27. The first kappa shape index (κ1) is 16.9. The van der Waals surface area contributed by atoms with Gasteiger partial charge in [-0.3, -0.25) is 4.79 Å². The minimum atomic E-state index is -0.893. The average molecular weight is 346 g/mol. The highest BCUT2D eigenvalue weighted by molar-refractivity contribution is 5.94. The molecule has 2 amide bonds. The van der Waals surface area contributed by atoms with Gasteiger partial charge < -0.3 is 14.5 Å². The Balaban J connectivity index is 1.58. The topological polar surface area (TPSA) is 49.9 Å². The molecule has 0 atom stereocenters. The standard InChI is InChI=1S/C18H16F2N2O3/c19-13-6-7-15(16(20)12-13)17(23)21-8-10-22(11-9-21)18(24)25-14-4-2-1-3-5-14/h1-7,12H,8-11H2. The van der Waals surface area contributed by atoms with Gasteiger partial charge in [0.25, 0.3) is 5.91 Å². The molecule has 0 bridgehead atoms.